The van der Waals surface area contributed by atoms with Gasteiger partial charge in [0, 0.05) is 44.1 Å². The molecule has 186 valence electrons. The van der Waals surface area contributed by atoms with Gasteiger partial charge in [-0.3, -0.25) is 19.5 Å². The summed E-state index contributed by atoms with van der Waals surface area (Å²) in [4.78, 5) is 34.1. The predicted octanol–water partition coefficient (Wildman–Crippen LogP) is 3.40. The summed E-state index contributed by atoms with van der Waals surface area (Å²) in [6.45, 7) is 6.68. The third kappa shape index (κ3) is 5.89. The highest BCUT2D eigenvalue weighted by molar-refractivity contribution is 6.46. The first kappa shape index (κ1) is 24.9. The number of morpholine rings is 1. The fourth-order valence-corrected chi connectivity index (χ4v) is 4.48. The first-order chi connectivity index (χ1) is 17.1. The minimum atomic E-state index is -0.682. The number of unbranched alkanes of at least 4 members (excludes halogenated alkanes) is 2. The van der Waals surface area contributed by atoms with Gasteiger partial charge in [0.2, 0.25) is 0 Å². The number of pyridine rings is 1. The fourth-order valence-electron chi connectivity index (χ4n) is 4.48. The van der Waals surface area contributed by atoms with Crippen molar-refractivity contribution in [2.24, 2.45) is 0 Å². The van der Waals surface area contributed by atoms with Crippen molar-refractivity contribution in [3.8, 4) is 5.75 Å². The highest BCUT2D eigenvalue weighted by Crippen LogP contribution is 2.39. The molecule has 2 saturated heterocycles. The highest BCUT2D eigenvalue weighted by Gasteiger charge is 2.46. The largest absolute Gasteiger partial charge is 0.507 e. The van der Waals surface area contributed by atoms with Crippen molar-refractivity contribution in [1.29, 1.82) is 0 Å². The Hall–Kier alpha value is -3.23. The van der Waals surface area contributed by atoms with Crippen molar-refractivity contribution in [2.75, 3.05) is 46.0 Å². The number of likely N-dealkylation sites (tertiary alicyclic amines) is 1. The molecular weight excluding hydrogens is 446 g/mol. The van der Waals surface area contributed by atoms with Crippen LogP contribution in [-0.2, 0) is 14.3 Å². The summed E-state index contributed by atoms with van der Waals surface area (Å²) in [5, 5.41) is 11.1. The standard InChI is InChI=1S/C27H33N3O5/c1-2-3-4-17-35-22-7-5-20(6-8-22)24-23(25(31)21-9-11-28-12-10-21)26(32)27(33)30(24)14-13-29-15-18-34-19-16-29/h5-12,24,31H,2-4,13-19H2,1H3. The van der Waals surface area contributed by atoms with Gasteiger partial charge >= 0.3 is 0 Å². The van der Waals surface area contributed by atoms with Crippen LogP contribution >= 0.6 is 0 Å². The second kappa shape index (κ2) is 12.0. The van der Waals surface area contributed by atoms with Gasteiger partial charge < -0.3 is 19.5 Å². The number of aliphatic hydroxyl groups excluding tert-OH is 1. The van der Waals surface area contributed by atoms with Gasteiger partial charge in [0.25, 0.3) is 11.7 Å². The lowest BCUT2D eigenvalue weighted by molar-refractivity contribution is -0.140. The van der Waals surface area contributed by atoms with E-state index in [1.165, 1.54) is 0 Å². The second-order valence-corrected chi connectivity index (χ2v) is 8.81. The van der Waals surface area contributed by atoms with E-state index in [0.717, 1.165) is 43.7 Å². The van der Waals surface area contributed by atoms with Crippen LogP contribution in [0, 0.1) is 0 Å². The van der Waals surface area contributed by atoms with Crippen LogP contribution in [0.4, 0.5) is 0 Å². The Morgan fingerprint density at radius 1 is 1.06 bits per heavy atom. The van der Waals surface area contributed by atoms with Gasteiger partial charge in [-0.1, -0.05) is 31.9 Å². The van der Waals surface area contributed by atoms with E-state index < -0.39 is 17.7 Å². The van der Waals surface area contributed by atoms with E-state index in [9.17, 15) is 14.7 Å². The lowest BCUT2D eigenvalue weighted by Crippen LogP contribution is -2.42. The third-order valence-corrected chi connectivity index (χ3v) is 6.47. The number of nitrogens with zero attached hydrogens (tertiary/aromatic N) is 3. The minimum Gasteiger partial charge on any atom is -0.507 e. The SMILES string of the molecule is CCCCCOc1ccc(C2C(=C(O)c3ccncc3)C(=O)C(=O)N2CCN2CCOCC2)cc1. The zero-order valence-corrected chi connectivity index (χ0v) is 20.2. The molecule has 1 atom stereocenters. The van der Waals surface area contributed by atoms with E-state index in [1.807, 2.05) is 24.3 Å². The van der Waals surface area contributed by atoms with E-state index >= 15 is 0 Å². The minimum absolute atomic E-state index is 0.0970. The summed E-state index contributed by atoms with van der Waals surface area (Å²) in [7, 11) is 0. The molecule has 0 radical (unpaired) electrons. The molecule has 8 nitrogen and oxygen atoms in total. The van der Waals surface area contributed by atoms with Crippen LogP contribution in [0.1, 0.15) is 43.4 Å². The van der Waals surface area contributed by atoms with Crippen molar-refractivity contribution in [1.82, 2.24) is 14.8 Å². The molecule has 0 aliphatic carbocycles. The zero-order chi connectivity index (χ0) is 24.6. The summed E-state index contributed by atoms with van der Waals surface area (Å²) >= 11 is 0. The molecule has 1 aromatic heterocycles. The number of aliphatic hydroxyl groups is 1. The van der Waals surface area contributed by atoms with Crippen LogP contribution in [0.2, 0.25) is 0 Å². The maximum atomic E-state index is 13.2. The Morgan fingerprint density at radius 3 is 2.46 bits per heavy atom. The molecule has 8 heteroatoms. The average molecular weight is 480 g/mol. The predicted molar refractivity (Wildman–Crippen MR) is 132 cm³/mol. The Morgan fingerprint density at radius 2 is 1.77 bits per heavy atom. The quantitative estimate of drug-likeness (QED) is 0.242. The fraction of sp³-hybridized carbons (Fsp3) is 0.444. The van der Waals surface area contributed by atoms with E-state index in [2.05, 4.69) is 16.8 Å². The van der Waals surface area contributed by atoms with Crippen molar-refractivity contribution >= 4 is 17.4 Å². The first-order valence-electron chi connectivity index (χ1n) is 12.3. The van der Waals surface area contributed by atoms with Crippen molar-refractivity contribution in [3.63, 3.8) is 0 Å². The number of ether oxygens (including phenoxy) is 2. The van der Waals surface area contributed by atoms with Gasteiger partial charge in [-0.2, -0.15) is 0 Å². The molecule has 0 bridgehead atoms. The topological polar surface area (TPSA) is 92.2 Å². The monoisotopic (exact) mass is 479 g/mol. The molecule has 1 N–H and O–H groups in total. The van der Waals surface area contributed by atoms with Gasteiger partial charge in [-0.15, -0.1) is 0 Å². The number of amides is 1. The molecule has 1 aromatic carbocycles. The number of rotatable bonds is 10. The molecule has 1 amide bonds. The van der Waals surface area contributed by atoms with E-state index in [0.29, 0.717) is 38.5 Å². The van der Waals surface area contributed by atoms with Gasteiger partial charge in [-0.05, 0) is 36.2 Å². The summed E-state index contributed by atoms with van der Waals surface area (Å²) in [5.41, 5.74) is 1.30. The molecule has 1 unspecified atom stereocenters. The number of carbonyl (C=O) groups excluding carboxylic acids is 2. The summed E-state index contributed by atoms with van der Waals surface area (Å²) in [6, 6.07) is 10.0. The molecule has 2 aromatic rings. The Bertz CT molecular complexity index is 1030. The smallest absolute Gasteiger partial charge is 0.295 e. The molecular formula is C27H33N3O5. The van der Waals surface area contributed by atoms with Crippen LogP contribution in [0.25, 0.3) is 5.76 Å². The van der Waals surface area contributed by atoms with Gasteiger partial charge in [-0.25, -0.2) is 0 Å². The normalized spacial score (nSPS) is 20.4. The molecule has 2 aliphatic rings. The Balaban J connectivity index is 1.63. The van der Waals surface area contributed by atoms with Crippen LogP contribution < -0.4 is 4.74 Å². The third-order valence-electron chi connectivity index (χ3n) is 6.47. The van der Waals surface area contributed by atoms with Crippen molar-refractivity contribution in [3.05, 3.63) is 65.5 Å². The van der Waals surface area contributed by atoms with E-state index in [4.69, 9.17) is 9.47 Å². The van der Waals surface area contributed by atoms with Gasteiger partial charge in [0.1, 0.15) is 11.5 Å². The molecule has 4 rings (SSSR count). The molecule has 0 spiro atoms. The maximum absolute atomic E-state index is 13.2. The zero-order valence-electron chi connectivity index (χ0n) is 20.2. The number of ketones is 1. The Kier molecular flexibility index (Phi) is 8.50. The number of benzene rings is 1. The van der Waals surface area contributed by atoms with Crippen LogP contribution in [-0.4, -0.2) is 77.6 Å². The second-order valence-electron chi connectivity index (χ2n) is 8.81. The summed E-state index contributed by atoms with van der Waals surface area (Å²) < 4.78 is 11.2. The molecule has 2 fully saturated rings. The van der Waals surface area contributed by atoms with Crippen LogP contribution in [0.3, 0.4) is 0 Å². The van der Waals surface area contributed by atoms with E-state index in [1.54, 1.807) is 29.4 Å². The number of hydrogen-bond donors (Lipinski definition) is 1. The first-order valence-corrected chi connectivity index (χ1v) is 12.3. The number of hydrogen-bond acceptors (Lipinski definition) is 7. The molecule has 2 aliphatic heterocycles. The number of aromatic nitrogens is 1. The Labute approximate surface area is 206 Å². The maximum Gasteiger partial charge on any atom is 0.295 e. The van der Waals surface area contributed by atoms with Gasteiger partial charge in [0.05, 0.1) is 31.4 Å². The average Bonchev–Trinajstić information content (AvgIpc) is 3.16. The highest BCUT2D eigenvalue weighted by atomic mass is 16.5. The summed E-state index contributed by atoms with van der Waals surface area (Å²) in [6.07, 6.45) is 6.33. The van der Waals surface area contributed by atoms with Crippen LogP contribution in [0.15, 0.2) is 54.4 Å². The molecule has 3 heterocycles. The van der Waals surface area contributed by atoms with Crippen molar-refractivity contribution < 1.29 is 24.2 Å². The number of Topliss-reactive ketones (excluding diaryl/α,β-unsaturated/α-hetero) is 1. The summed E-state index contributed by atoms with van der Waals surface area (Å²) in [5.74, 6) is -0.723. The van der Waals surface area contributed by atoms with Gasteiger partial charge in [0.15, 0.2) is 0 Å². The van der Waals surface area contributed by atoms with Crippen LogP contribution in [0.5, 0.6) is 5.75 Å². The lowest BCUT2D eigenvalue weighted by atomic mass is 9.95. The van der Waals surface area contributed by atoms with Crippen molar-refractivity contribution in [2.45, 2.75) is 32.2 Å². The molecule has 35 heavy (non-hydrogen) atoms. The lowest BCUT2D eigenvalue weighted by Gasteiger charge is -2.31. The van der Waals surface area contributed by atoms with E-state index in [-0.39, 0.29) is 11.3 Å². The molecule has 0 saturated carbocycles. The number of carbonyl (C=O) groups is 2.